The molecule has 0 atom stereocenters. The van der Waals surface area contributed by atoms with E-state index >= 15 is 0 Å². The lowest BCUT2D eigenvalue weighted by Crippen LogP contribution is -2.26. The molecule has 3 rings (SSSR count). The number of aryl methyl sites for hydroxylation is 1. The van der Waals surface area contributed by atoms with Gasteiger partial charge in [0, 0.05) is 37.1 Å². The first kappa shape index (κ1) is 17.7. The maximum Gasteiger partial charge on any atom is 0.255 e. The summed E-state index contributed by atoms with van der Waals surface area (Å²) >= 11 is 0. The highest BCUT2D eigenvalue weighted by Crippen LogP contribution is 2.20. The number of rotatable bonds is 5. The molecule has 134 valence electrons. The molecule has 0 aliphatic carbocycles. The molecule has 0 bridgehead atoms. The van der Waals surface area contributed by atoms with Crippen molar-refractivity contribution >= 4 is 5.91 Å². The van der Waals surface area contributed by atoms with E-state index in [-0.39, 0.29) is 5.91 Å². The van der Waals surface area contributed by atoms with E-state index in [1.54, 1.807) is 31.2 Å². The van der Waals surface area contributed by atoms with Gasteiger partial charge < -0.3 is 9.64 Å². The van der Waals surface area contributed by atoms with Gasteiger partial charge in [0.2, 0.25) is 5.88 Å². The molecule has 26 heavy (non-hydrogen) atoms. The second-order valence-corrected chi connectivity index (χ2v) is 6.15. The van der Waals surface area contributed by atoms with Gasteiger partial charge in [-0.2, -0.15) is 5.10 Å². The lowest BCUT2D eigenvalue weighted by molar-refractivity contribution is 0.0784. The lowest BCUT2D eigenvalue weighted by Gasteiger charge is -2.17. The van der Waals surface area contributed by atoms with Gasteiger partial charge in [-0.1, -0.05) is 18.2 Å². The monoisotopic (exact) mass is 350 g/mol. The maximum absolute atomic E-state index is 12.7. The number of nitrogens with zero attached hydrogens (tertiary/aromatic N) is 4. The molecule has 0 N–H and O–H groups in total. The fraction of sp³-hybridized carbons (Fsp3) is 0.250. The van der Waals surface area contributed by atoms with Crippen LogP contribution in [0.2, 0.25) is 0 Å². The van der Waals surface area contributed by atoms with Crippen LogP contribution in [-0.4, -0.2) is 39.7 Å². The molecule has 0 aliphatic heterocycles. The van der Waals surface area contributed by atoms with Crippen LogP contribution in [-0.2, 0) is 6.54 Å². The van der Waals surface area contributed by atoms with Crippen molar-refractivity contribution in [2.45, 2.75) is 20.4 Å². The van der Waals surface area contributed by atoms with Crippen LogP contribution in [0.3, 0.4) is 0 Å². The normalized spacial score (nSPS) is 10.6. The third kappa shape index (κ3) is 3.44. The molecule has 6 heteroatoms. The van der Waals surface area contributed by atoms with Crippen LogP contribution in [0, 0.1) is 13.8 Å². The molecular formula is C20H22N4O2. The number of carbonyl (C=O) groups is 1. The molecule has 0 fully saturated rings. The first-order chi connectivity index (χ1) is 12.5. The van der Waals surface area contributed by atoms with E-state index in [4.69, 9.17) is 4.74 Å². The molecule has 1 aromatic carbocycles. The van der Waals surface area contributed by atoms with Crippen molar-refractivity contribution in [1.82, 2.24) is 19.7 Å². The molecule has 0 spiro atoms. The molecule has 0 aliphatic rings. The SMILES string of the molecule is COc1ccc(C(=O)N(C)Cc2c(C)nn(-c3ccccc3)c2C)cn1. The quantitative estimate of drug-likeness (QED) is 0.709. The van der Waals surface area contributed by atoms with E-state index in [0.29, 0.717) is 18.0 Å². The number of hydrogen-bond acceptors (Lipinski definition) is 4. The zero-order valence-corrected chi connectivity index (χ0v) is 15.4. The van der Waals surface area contributed by atoms with Crippen LogP contribution >= 0.6 is 0 Å². The number of benzene rings is 1. The van der Waals surface area contributed by atoms with Crippen LogP contribution in [0.1, 0.15) is 27.3 Å². The van der Waals surface area contributed by atoms with E-state index in [2.05, 4.69) is 10.1 Å². The summed E-state index contributed by atoms with van der Waals surface area (Å²) in [6.07, 6.45) is 1.53. The number of hydrogen-bond donors (Lipinski definition) is 0. The zero-order chi connectivity index (χ0) is 18.7. The van der Waals surface area contributed by atoms with Crippen molar-refractivity contribution in [1.29, 1.82) is 0 Å². The fourth-order valence-corrected chi connectivity index (χ4v) is 2.88. The number of methoxy groups -OCH3 is 1. The Morgan fingerprint density at radius 2 is 1.88 bits per heavy atom. The van der Waals surface area contributed by atoms with E-state index in [1.165, 1.54) is 6.20 Å². The Bertz CT molecular complexity index is 902. The summed E-state index contributed by atoms with van der Waals surface area (Å²) in [7, 11) is 3.33. The molecule has 0 saturated carbocycles. The van der Waals surface area contributed by atoms with E-state index < -0.39 is 0 Å². The van der Waals surface area contributed by atoms with Gasteiger partial charge in [-0.15, -0.1) is 0 Å². The van der Waals surface area contributed by atoms with Crippen molar-refractivity contribution in [3.05, 3.63) is 71.2 Å². The standard InChI is InChI=1S/C20H22N4O2/c1-14-18(15(2)24(22-14)17-8-6-5-7-9-17)13-23(3)20(25)16-10-11-19(26-4)21-12-16/h5-12H,13H2,1-4H3. The summed E-state index contributed by atoms with van der Waals surface area (Å²) in [5.41, 5.74) is 4.53. The number of ether oxygens (including phenoxy) is 1. The van der Waals surface area contributed by atoms with Gasteiger partial charge in [-0.3, -0.25) is 4.79 Å². The van der Waals surface area contributed by atoms with Crippen molar-refractivity contribution in [3.8, 4) is 11.6 Å². The average molecular weight is 350 g/mol. The summed E-state index contributed by atoms with van der Waals surface area (Å²) in [5.74, 6) is 0.395. The maximum atomic E-state index is 12.7. The van der Waals surface area contributed by atoms with E-state index in [1.807, 2.05) is 48.9 Å². The number of carbonyl (C=O) groups excluding carboxylic acids is 1. The summed E-state index contributed by atoms with van der Waals surface area (Å²) < 4.78 is 6.95. The Morgan fingerprint density at radius 3 is 2.50 bits per heavy atom. The predicted molar refractivity (Wildman–Crippen MR) is 99.6 cm³/mol. The molecule has 0 saturated heterocycles. The third-order valence-electron chi connectivity index (χ3n) is 4.38. The van der Waals surface area contributed by atoms with Gasteiger partial charge in [-0.05, 0) is 32.0 Å². The van der Waals surface area contributed by atoms with Crippen LogP contribution < -0.4 is 4.74 Å². The van der Waals surface area contributed by atoms with Gasteiger partial charge in [0.1, 0.15) is 0 Å². The van der Waals surface area contributed by atoms with Crippen LogP contribution in [0.4, 0.5) is 0 Å². The van der Waals surface area contributed by atoms with E-state index in [9.17, 15) is 4.79 Å². The molecule has 2 heterocycles. The largest absolute Gasteiger partial charge is 0.481 e. The third-order valence-corrected chi connectivity index (χ3v) is 4.38. The molecule has 0 unspecified atom stereocenters. The number of para-hydroxylation sites is 1. The zero-order valence-electron chi connectivity index (χ0n) is 15.4. The predicted octanol–water partition coefficient (Wildman–Crippen LogP) is 3.16. The van der Waals surface area contributed by atoms with Crippen molar-refractivity contribution in [2.24, 2.45) is 0 Å². The smallest absolute Gasteiger partial charge is 0.255 e. The van der Waals surface area contributed by atoms with Gasteiger partial charge >= 0.3 is 0 Å². The number of aromatic nitrogens is 3. The van der Waals surface area contributed by atoms with Gasteiger partial charge in [0.15, 0.2) is 0 Å². The Labute approximate surface area is 153 Å². The van der Waals surface area contributed by atoms with Gasteiger partial charge in [0.05, 0.1) is 24.1 Å². The first-order valence-electron chi connectivity index (χ1n) is 8.37. The van der Waals surface area contributed by atoms with Gasteiger partial charge in [0.25, 0.3) is 5.91 Å². The summed E-state index contributed by atoms with van der Waals surface area (Å²) in [4.78, 5) is 18.4. The fourth-order valence-electron chi connectivity index (χ4n) is 2.88. The van der Waals surface area contributed by atoms with Crippen LogP contribution in [0.5, 0.6) is 5.88 Å². The Balaban J connectivity index is 1.82. The first-order valence-corrected chi connectivity index (χ1v) is 8.37. The Kier molecular flexibility index (Phi) is 5.02. The Morgan fingerprint density at radius 1 is 1.15 bits per heavy atom. The van der Waals surface area contributed by atoms with Gasteiger partial charge in [-0.25, -0.2) is 9.67 Å². The van der Waals surface area contributed by atoms with Crippen molar-refractivity contribution < 1.29 is 9.53 Å². The Hall–Kier alpha value is -3.15. The molecule has 0 radical (unpaired) electrons. The second kappa shape index (κ2) is 7.39. The molecule has 1 amide bonds. The number of amides is 1. The summed E-state index contributed by atoms with van der Waals surface area (Å²) in [6.45, 7) is 4.47. The molecular weight excluding hydrogens is 328 g/mol. The van der Waals surface area contributed by atoms with Crippen molar-refractivity contribution in [3.63, 3.8) is 0 Å². The van der Waals surface area contributed by atoms with E-state index in [0.717, 1.165) is 22.6 Å². The molecule has 6 nitrogen and oxygen atoms in total. The topological polar surface area (TPSA) is 60.2 Å². The second-order valence-electron chi connectivity index (χ2n) is 6.15. The molecule has 3 aromatic rings. The minimum atomic E-state index is -0.0913. The lowest BCUT2D eigenvalue weighted by atomic mass is 10.1. The highest BCUT2D eigenvalue weighted by atomic mass is 16.5. The van der Waals surface area contributed by atoms with Crippen molar-refractivity contribution in [2.75, 3.05) is 14.2 Å². The van der Waals surface area contributed by atoms with Crippen LogP contribution in [0.15, 0.2) is 48.7 Å². The molecule has 2 aromatic heterocycles. The average Bonchev–Trinajstić information content (AvgIpc) is 2.96. The minimum absolute atomic E-state index is 0.0913. The highest BCUT2D eigenvalue weighted by Gasteiger charge is 2.18. The summed E-state index contributed by atoms with van der Waals surface area (Å²) in [6, 6.07) is 13.4. The number of pyridine rings is 1. The highest BCUT2D eigenvalue weighted by molar-refractivity contribution is 5.93. The minimum Gasteiger partial charge on any atom is -0.481 e. The summed E-state index contributed by atoms with van der Waals surface area (Å²) in [5, 5.41) is 4.64. The van der Waals surface area contributed by atoms with Crippen LogP contribution in [0.25, 0.3) is 5.69 Å².